The summed E-state index contributed by atoms with van der Waals surface area (Å²) >= 11 is 0. The Morgan fingerprint density at radius 1 is 1.57 bits per heavy atom. The van der Waals surface area contributed by atoms with Crippen molar-refractivity contribution < 1.29 is 19.1 Å². The topological polar surface area (TPSA) is 87.7 Å². The van der Waals surface area contributed by atoms with Crippen LogP contribution in [0.3, 0.4) is 0 Å². The number of nitrogens with zero attached hydrogens (tertiary/aromatic N) is 1. The van der Waals surface area contributed by atoms with Crippen molar-refractivity contribution >= 4 is 17.8 Å². The highest BCUT2D eigenvalue weighted by Gasteiger charge is 2.57. The second-order valence-electron chi connectivity index (χ2n) is 2.75. The van der Waals surface area contributed by atoms with Gasteiger partial charge in [0.25, 0.3) is 11.8 Å². The van der Waals surface area contributed by atoms with E-state index in [1.807, 2.05) is 5.32 Å². The molecule has 1 heterocycles. The van der Waals surface area contributed by atoms with Crippen molar-refractivity contribution in [2.24, 2.45) is 0 Å². The average molecular weight is 201 g/mol. The van der Waals surface area contributed by atoms with Crippen LogP contribution in [0.5, 0.6) is 0 Å². The molecule has 7 heteroatoms. The molecule has 1 saturated heterocycles. The van der Waals surface area contributed by atoms with Gasteiger partial charge in [-0.2, -0.15) is 0 Å². The third kappa shape index (κ3) is 1.06. The van der Waals surface area contributed by atoms with Gasteiger partial charge in [0.15, 0.2) is 0 Å². The standard InChI is InChI=1S/C7H11N3O4/c1-8-4(11)7(14-3)5(12)9-6(13)10(7)2/h1-3H3,(H,8,11)(H,9,12,13). The van der Waals surface area contributed by atoms with Crippen molar-refractivity contribution in [2.75, 3.05) is 21.2 Å². The largest absolute Gasteiger partial charge is 0.354 e. The number of imide groups is 1. The third-order valence-electron chi connectivity index (χ3n) is 2.14. The fraction of sp³-hybridized carbons (Fsp3) is 0.571. The van der Waals surface area contributed by atoms with Gasteiger partial charge in [0.1, 0.15) is 0 Å². The molecule has 4 amide bonds. The number of likely N-dealkylation sites (N-methyl/N-ethyl adjacent to an activating group) is 2. The summed E-state index contributed by atoms with van der Waals surface area (Å²) in [5, 5.41) is 4.25. The fourth-order valence-electron chi connectivity index (χ4n) is 1.31. The maximum Gasteiger partial charge on any atom is 0.327 e. The summed E-state index contributed by atoms with van der Waals surface area (Å²) < 4.78 is 4.83. The van der Waals surface area contributed by atoms with Crippen molar-refractivity contribution in [3.63, 3.8) is 0 Å². The molecular weight excluding hydrogens is 190 g/mol. The summed E-state index contributed by atoms with van der Waals surface area (Å²) in [7, 11) is 3.84. The van der Waals surface area contributed by atoms with Crippen LogP contribution >= 0.6 is 0 Å². The van der Waals surface area contributed by atoms with E-state index in [9.17, 15) is 14.4 Å². The monoisotopic (exact) mass is 201 g/mol. The normalized spacial score (nSPS) is 26.4. The molecule has 0 aliphatic carbocycles. The third-order valence-corrected chi connectivity index (χ3v) is 2.14. The quantitative estimate of drug-likeness (QED) is 0.410. The summed E-state index contributed by atoms with van der Waals surface area (Å²) in [6.45, 7) is 0. The molecule has 78 valence electrons. The number of carbonyl (C=O) groups is 3. The molecule has 2 N–H and O–H groups in total. The molecule has 1 fully saturated rings. The van der Waals surface area contributed by atoms with E-state index < -0.39 is 23.6 Å². The van der Waals surface area contributed by atoms with Crippen LogP contribution in [-0.2, 0) is 14.3 Å². The first-order valence-electron chi connectivity index (χ1n) is 3.87. The lowest BCUT2D eigenvalue weighted by molar-refractivity contribution is -0.167. The summed E-state index contributed by atoms with van der Waals surface area (Å²) in [5.41, 5.74) is -1.88. The van der Waals surface area contributed by atoms with Gasteiger partial charge in [0, 0.05) is 21.2 Å². The van der Waals surface area contributed by atoms with Crippen LogP contribution in [0.4, 0.5) is 4.79 Å². The van der Waals surface area contributed by atoms with E-state index in [0.717, 1.165) is 4.90 Å². The summed E-state index contributed by atoms with van der Waals surface area (Å²) in [6, 6.07) is -0.666. The zero-order valence-electron chi connectivity index (χ0n) is 8.08. The summed E-state index contributed by atoms with van der Waals surface area (Å²) in [5.74, 6) is -1.47. The zero-order chi connectivity index (χ0) is 10.9. The van der Waals surface area contributed by atoms with Crippen LogP contribution in [0.2, 0.25) is 0 Å². The van der Waals surface area contributed by atoms with E-state index in [2.05, 4.69) is 5.32 Å². The molecule has 0 saturated carbocycles. The van der Waals surface area contributed by atoms with Gasteiger partial charge < -0.3 is 10.1 Å². The minimum atomic E-state index is -1.88. The predicted octanol–water partition coefficient (Wildman–Crippen LogP) is -1.74. The predicted molar refractivity (Wildman–Crippen MR) is 45.1 cm³/mol. The highest BCUT2D eigenvalue weighted by Crippen LogP contribution is 2.21. The van der Waals surface area contributed by atoms with E-state index in [1.165, 1.54) is 21.2 Å². The number of hydrogen-bond acceptors (Lipinski definition) is 4. The van der Waals surface area contributed by atoms with Crippen LogP contribution in [0.15, 0.2) is 0 Å². The number of hydrogen-bond donors (Lipinski definition) is 2. The zero-order valence-corrected chi connectivity index (χ0v) is 8.08. The van der Waals surface area contributed by atoms with Gasteiger partial charge in [-0.3, -0.25) is 19.8 Å². The highest BCUT2D eigenvalue weighted by molar-refractivity contribution is 6.18. The lowest BCUT2D eigenvalue weighted by Gasteiger charge is -2.28. The molecule has 7 nitrogen and oxygen atoms in total. The van der Waals surface area contributed by atoms with E-state index in [0.29, 0.717) is 0 Å². The lowest BCUT2D eigenvalue weighted by Crippen LogP contribution is -2.59. The maximum absolute atomic E-state index is 11.4. The van der Waals surface area contributed by atoms with Crippen molar-refractivity contribution in [3.8, 4) is 0 Å². The van der Waals surface area contributed by atoms with Crippen LogP contribution in [0.25, 0.3) is 0 Å². The Bertz CT molecular complexity index is 303. The second-order valence-corrected chi connectivity index (χ2v) is 2.75. The van der Waals surface area contributed by atoms with Crippen LogP contribution in [0.1, 0.15) is 0 Å². The van der Waals surface area contributed by atoms with E-state index in [4.69, 9.17) is 4.74 Å². The van der Waals surface area contributed by atoms with Crippen molar-refractivity contribution in [2.45, 2.75) is 5.72 Å². The molecule has 14 heavy (non-hydrogen) atoms. The molecule has 0 bridgehead atoms. The van der Waals surface area contributed by atoms with Gasteiger partial charge in [-0.15, -0.1) is 0 Å². The minimum absolute atomic E-state index is 0.666. The average Bonchev–Trinajstić information content (AvgIpc) is 2.39. The number of amides is 4. The van der Waals surface area contributed by atoms with Crippen molar-refractivity contribution in [1.82, 2.24) is 15.5 Å². The van der Waals surface area contributed by atoms with Gasteiger partial charge in [-0.05, 0) is 0 Å². The maximum atomic E-state index is 11.4. The van der Waals surface area contributed by atoms with Gasteiger partial charge in [0.2, 0.25) is 0 Å². The number of ether oxygens (including phenoxy) is 1. The Morgan fingerprint density at radius 3 is 2.43 bits per heavy atom. The number of carbonyl (C=O) groups excluding carboxylic acids is 3. The molecule has 1 rings (SSSR count). The summed E-state index contributed by atoms with van der Waals surface area (Å²) in [4.78, 5) is 34.9. The first kappa shape index (κ1) is 10.5. The SMILES string of the molecule is CNC(=O)C1(OC)C(=O)NC(=O)N1C. The lowest BCUT2D eigenvalue weighted by atomic mass is 10.2. The molecule has 0 aromatic rings. The van der Waals surface area contributed by atoms with E-state index in [1.54, 1.807) is 0 Å². The first-order chi connectivity index (χ1) is 6.50. The molecular formula is C7H11N3O4. The highest BCUT2D eigenvalue weighted by atomic mass is 16.5. The molecule has 0 aromatic carbocycles. The number of nitrogens with one attached hydrogen (secondary N) is 2. The summed E-state index contributed by atoms with van der Waals surface area (Å²) in [6.07, 6.45) is 0. The number of rotatable bonds is 2. The van der Waals surface area contributed by atoms with Gasteiger partial charge in [0.05, 0.1) is 0 Å². The van der Waals surface area contributed by atoms with E-state index >= 15 is 0 Å². The molecule has 1 aliphatic rings. The number of methoxy groups -OCH3 is 1. The molecule has 0 aromatic heterocycles. The Morgan fingerprint density at radius 2 is 2.14 bits per heavy atom. The first-order valence-corrected chi connectivity index (χ1v) is 3.87. The Balaban J connectivity index is 3.16. The second kappa shape index (κ2) is 3.26. The van der Waals surface area contributed by atoms with Crippen LogP contribution < -0.4 is 10.6 Å². The van der Waals surface area contributed by atoms with Crippen molar-refractivity contribution in [1.29, 1.82) is 0 Å². The Kier molecular flexibility index (Phi) is 2.43. The Labute approximate surface area is 80.4 Å². The molecule has 1 aliphatic heterocycles. The molecule has 0 spiro atoms. The van der Waals surface area contributed by atoms with E-state index in [-0.39, 0.29) is 0 Å². The number of urea groups is 1. The minimum Gasteiger partial charge on any atom is -0.354 e. The van der Waals surface area contributed by atoms with Crippen molar-refractivity contribution in [3.05, 3.63) is 0 Å². The van der Waals surface area contributed by atoms with Crippen LogP contribution in [-0.4, -0.2) is 49.7 Å². The van der Waals surface area contributed by atoms with Crippen LogP contribution in [0, 0.1) is 0 Å². The Hall–Kier alpha value is -1.63. The molecule has 1 atom stereocenters. The molecule has 0 radical (unpaired) electrons. The molecule has 1 unspecified atom stereocenters. The van der Waals surface area contributed by atoms with Gasteiger partial charge in [-0.25, -0.2) is 4.79 Å². The fourth-order valence-corrected chi connectivity index (χ4v) is 1.31. The van der Waals surface area contributed by atoms with Gasteiger partial charge >= 0.3 is 11.8 Å². The smallest absolute Gasteiger partial charge is 0.327 e. The van der Waals surface area contributed by atoms with Gasteiger partial charge in [-0.1, -0.05) is 0 Å².